The minimum absolute atomic E-state index is 0.0166. The van der Waals surface area contributed by atoms with Gasteiger partial charge in [-0.05, 0) is 92.2 Å². The van der Waals surface area contributed by atoms with Gasteiger partial charge in [0.1, 0.15) is 11.6 Å². The number of amides is 2. The molecule has 1 atom stereocenters. The van der Waals surface area contributed by atoms with Crippen molar-refractivity contribution in [3.05, 3.63) is 58.4 Å². The Labute approximate surface area is 216 Å². The number of nitrogens with one attached hydrogen (secondary N) is 3. The molecule has 2 aromatic heterocycles. The fraction of sp³-hybridized carbons (Fsp3) is 0.517. The first-order chi connectivity index (χ1) is 17.5. The number of aromatic amines is 1. The second kappa shape index (κ2) is 9.58. The zero-order chi connectivity index (χ0) is 24.7. The fourth-order valence-corrected chi connectivity index (χ4v) is 7.94. The van der Waals surface area contributed by atoms with E-state index in [9.17, 15) is 9.59 Å². The van der Waals surface area contributed by atoms with Crippen molar-refractivity contribution in [3.63, 3.8) is 0 Å². The number of para-hydroxylation sites is 1. The Bertz CT molecular complexity index is 1210. The van der Waals surface area contributed by atoms with Crippen molar-refractivity contribution >= 4 is 34.2 Å². The third kappa shape index (κ3) is 4.65. The summed E-state index contributed by atoms with van der Waals surface area (Å²) in [5, 5.41) is 9.19. The molecule has 36 heavy (non-hydrogen) atoms. The number of rotatable bonds is 8. The molecule has 2 heterocycles. The van der Waals surface area contributed by atoms with Gasteiger partial charge < -0.3 is 20.4 Å². The Morgan fingerprint density at radius 1 is 1.06 bits per heavy atom. The summed E-state index contributed by atoms with van der Waals surface area (Å²) < 4.78 is 6.11. The van der Waals surface area contributed by atoms with E-state index in [1.165, 1.54) is 37.0 Å². The predicted octanol–water partition coefficient (Wildman–Crippen LogP) is 5.44. The van der Waals surface area contributed by atoms with Crippen LogP contribution in [0.25, 0.3) is 10.9 Å². The molecule has 4 fully saturated rings. The van der Waals surface area contributed by atoms with Crippen LogP contribution in [0.5, 0.6) is 0 Å². The van der Waals surface area contributed by atoms with Crippen LogP contribution in [0.2, 0.25) is 0 Å². The van der Waals surface area contributed by atoms with Gasteiger partial charge in [-0.1, -0.05) is 24.3 Å². The Hall–Kier alpha value is -2.80. The van der Waals surface area contributed by atoms with Gasteiger partial charge in [-0.25, -0.2) is 4.79 Å². The van der Waals surface area contributed by atoms with Gasteiger partial charge in [0.15, 0.2) is 0 Å². The molecule has 3 N–H and O–H groups in total. The third-order valence-corrected chi connectivity index (χ3v) is 9.65. The zero-order valence-electron chi connectivity index (χ0n) is 20.8. The molecule has 0 radical (unpaired) electrons. The topological polar surface area (TPSA) is 83.2 Å². The smallest absolute Gasteiger partial charge is 0.408 e. The monoisotopic (exact) mass is 505 g/mol. The molecular formula is C29H35N3O3S. The molecule has 0 spiro atoms. The maximum atomic E-state index is 13.5. The van der Waals surface area contributed by atoms with Crippen molar-refractivity contribution in [1.29, 1.82) is 0 Å². The fourth-order valence-electron chi connectivity index (χ4n) is 7.24. The van der Waals surface area contributed by atoms with E-state index in [0.717, 1.165) is 34.7 Å². The van der Waals surface area contributed by atoms with E-state index in [1.54, 1.807) is 11.3 Å². The van der Waals surface area contributed by atoms with Crippen molar-refractivity contribution in [2.75, 3.05) is 6.54 Å². The van der Waals surface area contributed by atoms with E-state index in [1.807, 2.05) is 48.8 Å². The van der Waals surface area contributed by atoms with Gasteiger partial charge >= 0.3 is 6.09 Å². The number of fused-ring (bicyclic) bond motifs is 1. The molecule has 1 aromatic carbocycles. The first kappa shape index (κ1) is 23.6. The minimum atomic E-state index is -1.14. The number of carbonyl (C=O) groups excluding carboxylic acids is 2. The highest BCUT2D eigenvalue weighted by atomic mass is 32.1. The van der Waals surface area contributed by atoms with Crippen LogP contribution in [0, 0.1) is 23.7 Å². The number of hydrogen-bond acceptors (Lipinski definition) is 4. The maximum absolute atomic E-state index is 13.5. The molecule has 4 saturated carbocycles. The lowest BCUT2D eigenvalue weighted by Gasteiger charge is -2.53. The highest BCUT2D eigenvalue weighted by Gasteiger charge is 2.50. The SMILES string of the molecule is CC(Cc1c[nH]c2ccccc12)(NC(=O)OC1C2CC3CC(C2)CC1C3)C(=O)NCCc1cccs1. The van der Waals surface area contributed by atoms with Crippen LogP contribution < -0.4 is 10.6 Å². The van der Waals surface area contributed by atoms with Crippen molar-refractivity contribution in [1.82, 2.24) is 15.6 Å². The maximum Gasteiger partial charge on any atom is 0.408 e. The van der Waals surface area contributed by atoms with Gasteiger partial charge in [0.2, 0.25) is 5.91 Å². The molecule has 4 aliphatic carbocycles. The van der Waals surface area contributed by atoms with Crippen molar-refractivity contribution in [3.8, 4) is 0 Å². The number of aromatic nitrogens is 1. The molecule has 7 rings (SSSR count). The number of alkyl carbamates (subject to hydrolysis) is 1. The molecule has 0 saturated heterocycles. The average molecular weight is 506 g/mol. The van der Waals surface area contributed by atoms with Crippen LogP contribution in [-0.2, 0) is 22.4 Å². The van der Waals surface area contributed by atoms with Gasteiger partial charge in [-0.2, -0.15) is 0 Å². The Balaban J connectivity index is 1.17. The Kier molecular flexibility index (Phi) is 6.28. The lowest BCUT2D eigenvalue weighted by atomic mass is 9.55. The predicted molar refractivity (Wildman–Crippen MR) is 142 cm³/mol. The molecule has 6 nitrogen and oxygen atoms in total. The van der Waals surface area contributed by atoms with Crippen molar-refractivity contribution in [2.45, 2.75) is 63.5 Å². The summed E-state index contributed by atoms with van der Waals surface area (Å²) >= 11 is 1.68. The second-order valence-corrected chi connectivity index (χ2v) is 12.4. The number of hydrogen-bond donors (Lipinski definition) is 3. The summed E-state index contributed by atoms with van der Waals surface area (Å²) in [7, 11) is 0. The van der Waals surface area contributed by atoms with Gasteiger partial charge in [0.25, 0.3) is 0 Å². The Morgan fingerprint density at radius 2 is 1.81 bits per heavy atom. The van der Waals surface area contributed by atoms with Gasteiger partial charge in [0, 0.05) is 34.9 Å². The van der Waals surface area contributed by atoms with E-state index >= 15 is 0 Å². The largest absolute Gasteiger partial charge is 0.446 e. The van der Waals surface area contributed by atoms with E-state index in [2.05, 4.69) is 21.7 Å². The summed E-state index contributed by atoms with van der Waals surface area (Å²) in [6.45, 7) is 2.34. The van der Waals surface area contributed by atoms with Crippen LogP contribution in [-0.4, -0.2) is 35.2 Å². The zero-order valence-corrected chi connectivity index (χ0v) is 21.6. The number of H-pyrrole nitrogens is 1. The van der Waals surface area contributed by atoms with Crippen LogP contribution in [0.15, 0.2) is 48.0 Å². The standard InChI is InChI=1S/C29H35N3O3S/c1-29(27(33)30-9-8-23-5-4-10-36-23,16-22-17-31-25-7-3-2-6-24(22)25)32-28(34)35-26-20-12-18-11-19(14-20)15-21(26)13-18/h2-7,10,17-21,26,31H,8-9,11-16H2,1H3,(H,30,33)(H,32,34). The lowest BCUT2D eigenvalue weighted by Crippen LogP contribution is -2.60. The molecule has 4 aliphatic rings. The summed E-state index contributed by atoms with van der Waals surface area (Å²) in [6, 6.07) is 12.1. The van der Waals surface area contributed by atoms with E-state index in [-0.39, 0.29) is 12.0 Å². The molecule has 3 aromatic rings. The molecule has 7 heteroatoms. The van der Waals surface area contributed by atoms with Crippen molar-refractivity contribution in [2.24, 2.45) is 23.7 Å². The first-order valence-corrected chi connectivity index (χ1v) is 14.2. The molecule has 0 aliphatic heterocycles. The first-order valence-electron chi connectivity index (χ1n) is 13.3. The normalized spacial score (nSPS) is 28.1. The van der Waals surface area contributed by atoms with Gasteiger partial charge in [-0.3, -0.25) is 4.79 Å². The third-order valence-electron chi connectivity index (χ3n) is 8.72. The summed E-state index contributed by atoms with van der Waals surface area (Å²) in [5.41, 5.74) is 0.879. The van der Waals surface area contributed by atoms with Crippen LogP contribution in [0.4, 0.5) is 4.79 Å². The van der Waals surface area contributed by atoms with Crippen molar-refractivity contribution < 1.29 is 14.3 Å². The van der Waals surface area contributed by atoms with Gasteiger partial charge in [0.05, 0.1) is 0 Å². The summed E-state index contributed by atoms with van der Waals surface area (Å²) in [6.07, 6.45) is 8.68. The number of thiophene rings is 1. The van der Waals surface area contributed by atoms with E-state index < -0.39 is 11.6 Å². The summed E-state index contributed by atoms with van der Waals surface area (Å²) in [5.74, 6) is 2.40. The second-order valence-electron chi connectivity index (χ2n) is 11.4. The molecule has 4 bridgehead atoms. The van der Waals surface area contributed by atoms with Gasteiger partial charge in [-0.15, -0.1) is 11.3 Å². The van der Waals surface area contributed by atoms with Crippen LogP contribution >= 0.6 is 11.3 Å². The number of ether oxygens (including phenoxy) is 1. The lowest BCUT2D eigenvalue weighted by molar-refractivity contribution is -0.127. The number of benzene rings is 1. The quantitative estimate of drug-likeness (QED) is 0.381. The summed E-state index contributed by atoms with van der Waals surface area (Å²) in [4.78, 5) is 31.3. The van der Waals surface area contributed by atoms with Crippen LogP contribution in [0.1, 0.15) is 49.5 Å². The Morgan fingerprint density at radius 3 is 2.53 bits per heavy atom. The van der Waals surface area contributed by atoms with E-state index in [0.29, 0.717) is 24.8 Å². The van der Waals surface area contributed by atoms with Crippen LogP contribution in [0.3, 0.4) is 0 Å². The minimum Gasteiger partial charge on any atom is -0.446 e. The highest BCUT2D eigenvalue weighted by Crippen LogP contribution is 2.54. The van der Waals surface area contributed by atoms with E-state index in [4.69, 9.17) is 4.74 Å². The molecule has 2 amide bonds. The highest BCUT2D eigenvalue weighted by molar-refractivity contribution is 7.09. The average Bonchev–Trinajstić information content (AvgIpc) is 3.51. The number of carbonyl (C=O) groups is 2. The molecule has 190 valence electrons. The molecule has 1 unspecified atom stereocenters. The molecular weight excluding hydrogens is 470 g/mol.